The Kier molecular flexibility index (Phi) is 10.2. The van der Waals surface area contributed by atoms with Crippen LogP contribution in [0.25, 0.3) is 0 Å². The summed E-state index contributed by atoms with van der Waals surface area (Å²) in [6, 6.07) is 7.15. The minimum atomic E-state index is -4.20. The first-order chi connectivity index (χ1) is 17.5. The third kappa shape index (κ3) is 7.56. The van der Waals surface area contributed by atoms with E-state index in [2.05, 4.69) is 10.6 Å². The number of methoxy groups -OCH3 is 1. The lowest BCUT2D eigenvalue weighted by atomic mass is 9.90. The van der Waals surface area contributed by atoms with Crippen LogP contribution in [0.3, 0.4) is 0 Å². The van der Waals surface area contributed by atoms with Crippen molar-refractivity contribution in [3.05, 3.63) is 29.8 Å². The van der Waals surface area contributed by atoms with Crippen LogP contribution in [-0.4, -0.2) is 87.4 Å². The zero-order valence-corrected chi connectivity index (χ0v) is 21.7. The highest BCUT2D eigenvalue weighted by molar-refractivity contribution is 7.91. The van der Waals surface area contributed by atoms with Gasteiger partial charge >= 0.3 is 6.18 Å². The smallest absolute Gasteiger partial charge is 0.389 e. The number of rotatable bonds is 11. The lowest BCUT2D eigenvalue weighted by Crippen LogP contribution is -2.62. The number of amides is 1. The van der Waals surface area contributed by atoms with Gasteiger partial charge in [0.05, 0.1) is 13.2 Å². The molecule has 37 heavy (non-hydrogen) atoms. The average Bonchev–Trinajstić information content (AvgIpc) is 2.89. The molecule has 0 aliphatic carbocycles. The summed E-state index contributed by atoms with van der Waals surface area (Å²) in [7, 11) is -2.69. The van der Waals surface area contributed by atoms with Crippen LogP contribution in [0.5, 0.6) is 5.75 Å². The van der Waals surface area contributed by atoms with Crippen molar-refractivity contribution in [2.75, 3.05) is 46.4 Å². The molecule has 1 unspecified atom stereocenters. The molecule has 210 valence electrons. The highest BCUT2D eigenvalue weighted by atomic mass is 32.2. The summed E-state index contributed by atoms with van der Waals surface area (Å²) in [5.74, 6) is -0.0261. The minimum Gasteiger partial charge on any atom is -0.494 e. The molecule has 1 aromatic carbocycles. The average molecular weight is 552 g/mol. The minimum absolute atomic E-state index is 0.0234. The number of aliphatic hydroxyl groups is 1. The molecule has 1 atom stereocenters. The summed E-state index contributed by atoms with van der Waals surface area (Å²) in [6.07, 6.45) is -5.00. The molecule has 0 radical (unpaired) electrons. The third-order valence-electron chi connectivity index (χ3n) is 7.05. The Hall–Kier alpha value is -1.93. The number of alkyl halides is 3. The van der Waals surface area contributed by atoms with E-state index in [1.165, 1.54) is 11.4 Å². The van der Waals surface area contributed by atoms with Crippen molar-refractivity contribution in [1.29, 1.82) is 0 Å². The second kappa shape index (κ2) is 12.7. The van der Waals surface area contributed by atoms with Gasteiger partial charge in [0, 0.05) is 26.6 Å². The predicted octanol–water partition coefficient (Wildman–Crippen LogP) is 2.12. The summed E-state index contributed by atoms with van der Waals surface area (Å²) >= 11 is 0. The molecule has 0 bridgehead atoms. The molecule has 9 nitrogen and oxygen atoms in total. The van der Waals surface area contributed by atoms with E-state index in [0.29, 0.717) is 31.7 Å². The first-order valence-corrected chi connectivity index (χ1v) is 13.9. The van der Waals surface area contributed by atoms with Crippen molar-refractivity contribution in [2.45, 2.75) is 61.7 Å². The molecule has 2 aliphatic heterocycles. The number of benzene rings is 1. The standard InChI is InChI=1S/C24H36F3N3O6S/c1-35-21(31)17-29-22(32)23(10-12-28-13-11-23)37(33,34)30-14-7-19(8-15-30)18-3-5-20(6-4-18)36-16-2-9-24(25,26)27/h3-6,19,21,28,31H,2,7-17H2,1H3,(H,29,32). The van der Waals surface area contributed by atoms with Gasteiger partial charge in [0.1, 0.15) is 5.75 Å². The number of sulfonamides is 1. The van der Waals surface area contributed by atoms with Crippen molar-refractivity contribution in [2.24, 2.45) is 0 Å². The number of aliphatic hydroxyl groups excluding tert-OH is 1. The maximum absolute atomic E-state index is 13.7. The summed E-state index contributed by atoms with van der Waals surface area (Å²) < 4.78 is 74.2. The largest absolute Gasteiger partial charge is 0.494 e. The fourth-order valence-electron chi connectivity index (χ4n) is 4.83. The number of piperidine rings is 2. The molecule has 1 aromatic rings. The first-order valence-electron chi connectivity index (χ1n) is 12.5. The number of hydrogen-bond donors (Lipinski definition) is 3. The number of halogens is 3. The van der Waals surface area contributed by atoms with Gasteiger partial charge in [-0.2, -0.15) is 13.2 Å². The Morgan fingerprint density at radius 2 is 1.84 bits per heavy atom. The molecule has 2 fully saturated rings. The van der Waals surface area contributed by atoms with E-state index in [9.17, 15) is 31.5 Å². The van der Waals surface area contributed by atoms with Crippen molar-refractivity contribution >= 4 is 15.9 Å². The van der Waals surface area contributed by atoms with E-state index in [0.717, 1.165) is 5.56 Å². The quantitative estimate of drug-likeness (QED) is 0.285. The van der Waals surface area contributed by atoms with Gasteiger partial charge in [-0.05, 0) is 68.8 Å². The van der Waals surface area contributed by atoms with E-state index in [4.69, 9.17) is 9.47 Å². The molecule has 0 aromatic heterocycles. The fraction of sp³-hybridized carbons (Fsp3) is 0.708. The lowest BCUT2D eigenvalue weighted by Gasteiger charge is -2.41. The molecule has 1 amide bonds. The van der Waals surface area contributed by atoms with Crippen LogP contribution < -0.4 is 15.4 Å². The van der Waals surface area contributed by atoms with E-state index in [1.807, 2.05) is 12.1 Å². The molecular weight excluding hydrogens is 515 g/mol. The highest BCUT2D eigenvalue weighted by Crippen LogP contribution is 2.36. The number of carbonyl (C=O) groups excluding carboxylic acids is 1. The van der Waals surface area contributed by atoms with E-state index in [-0.39, 0.29) is 51.4 Å². The van der Waals surface area contributed by atoms with Gasteiger partial charge < -0.3 is 25.2 Å². The van der Waals surface area contributed by atoms with Crippen molar-refractivity contribution in [3.63, 3.8) is 0 Å². The van der Waals surface area contributed by atoms with Gasteiger partial charge in [-0.3, -0.25) is 4.79 Å². The highest BCUT2D eigenvalue weighted by Gasteiger charge is 2.54. The van der Waals surface area contributed by atoms with E-state index in [1.54, 1.807) is 12.1 Å². The molecule has 3 N–H and O–H groups in total. The third-order valence-corrected chi connectivity index (χ3v) is 9.67. The predicted molar refractivity (Wildman–Crippen MR) is 131 cm³/mol. The summed E-state index contributed by atoms with van der Waals surface area (Å²) in [5, 5.41) is 15.3. The number of nitrogens with one attached hydrogen (secondary N) is 2. The van der Waals surface area contributed by atoms with Crippen LogP contribution in [-0.2, 0) is 19.6 Å². The Morgan fingerprint density at radius 1 is 1.22 bits per heavy atom. The first kappa shape index (κ1) is 29.6. The summed E-state index contributed by atoms with van der Waals surface area (Å²) in [4.78, 5) is 13.1. The van der Waals surface area contributed by atoms with E-state index < -0.39 is 39.6 Å². The second-order valence-corrected chi connectivity index (χ2v) is 11.7. The lowest BCUT2D eigenvalue weighted by molar-refractivity contribution is -0.136. The van der Waals surface area contributed by atoms with Crippen molar-refractivity contribution in [3.8, 4) is 5.75 Å². The molecule has 2 aliphatic rings. The van der Waals surface area contributed by atoms with Gasteiger partial charge in [0.15, 0.2) is 11.0 Å². The maximum Gasteiger partial charge on any atom is 0.389 e. The molecule has 13 heteroatoms. The monoisotopic (exact) mass is 551 g/mol. The van der Waals surface area contributed by atoms with Gasteiger partial charge in [0.2, 0.25) is 15.9 Å². The molecule has 2 heterocycles. The molecule has 2 saturated heterocycles. The SMILES string of the molecule is COC(O)CNC(=O)C1(S(=O)(=O)N2CCC(c3ccc(OCCCC(F)(F)F)cc3)CC2)CCNCC1. The van der Waals surface area contributed by atoms with Crippen LogP contribution in [0.2, 0.25) is 0 Å². The van der Waals surface area contributed by atoms with Gasteiger partial charge in [-0.1, -0.05) is 12.1 Å². The topological polar surface area (TPSA) is 117 Å². The maximum atomic E-state index is 13.7. The number of carbonyl (C=O) groups is 1. The second-order valence-electron chi connectivity index (χ2n) is 9.46. The van der Waals surface area contributed by atoms with Crippen LogP contribution in [0.15, 0.2) is 24.3 Å². The molecular formula is C24H36F3N3O6S. The van der Waals surface area contributed by atoms with Crippen LogP contribution in [0.4, 0.5) is 13.2 Å². The molecule has 0 saturated carbocycles. The normalized spacial score (nSPS) is 20.4. The number of ether oxygens (including phenoxy) is 2. The van der Waals surface area contributed by atoms with Crippen LogP contribution in [0, 0.1) is 0 Å². The Bertz CT molecular complexity index is 976. The van der Waals surface area contributed by atoms with Gasteiger partial charge in [-0.25, -0.2) is 12.7 Å². The number of hydrogen-bond acceptors (Lipinski definition) is 7. The van der Waals surface area contributed by atoms with Crippen LogP contribution in [0.1, 0.15) is 50.0 Å². The summed E-state index contributed by atoms with van der Waals surface area (Å²) in [5.41, 5.74) is 1.00. The van der Waals surface area contributed by atoms with Crippen LogP contribution >= 0.6 is 0 Å². The zero-order valence-electron chi connectivity index (χ0n) is 20.9. The van der Waals surface area contributed by atoms with Crippen molar-refractivity contribution < 1.29 is 41.0 Å². The molecule has 0 spiro atoms. The number of nitrogens with zero attached hydrogens (tertiary/aromatic N) is 1. The Labute approximate surface area is 215 Å². The fourth-order valence-corrected chi connectivity index (χ4v) is 7.04. The Balaban J connectivity index is 1.59. The Morgan fingerprint density at radius 3 is 2.41 bits per heavy atom. The van der Waals surface area contributed by atoms with Gasteiger partial charge in [0.25, 0.3) is 0 Å². The van der Waals surface area contributed by atoms with Gasteiger partial charge in [-0.15, -0.1) is 0 Å². The summed E-state index contributed by atoms with van der Waals surface area (Å²) in [6.45, 7) is 1.09. The molecule has 3 rings (SSSR count). The van der Waals surface area contributed by atoms with Crippen molar-refractivity contribution in [1.82, 2.24) is 14.9 Å². The zero-order chi connectivity index (χ0) is 27.1. The van der Waals surface area contributed by atoms with E-state index >= 15 is 0 Å².